The third-order valence-corrected chi connectivity index (χ3v) is 6.52. The number of aryl methyl sites for hydroxylation is 1. The number of nitrogens with one attached hydrogen (secondary N) is 2. The summed E-state index contributed by atoms with van der Waals surface area (Å²) in [6, 6.07) is 7.29. The number of hydrogen-bond donors (Lipinski definition) is 2. The topological polar surface area (TPSA) is 70.6 Å². The Labute approximate surface area is 149 Å². The molecule has 2 atom stereocenters. The predicted octanol–water partition coefficient (Wildman–Crippen LogP) is 3.04. The molecule has 2 N–H and O–H groups in total. The Kier molecular flexibility index (Phi) is 4.43. The highest BCUT2D eigenvalue weighted by Crippen LogP contribution is 2.63. The number of fused-ring (bicyclic) bond motifs is 2. The number of benzene rings is 1. The van der Waals surface area contributed by atoms with Crippen molar-refractivity contribution in [2.24, 2.45) is 21.8 Å². The molecule has 2 fully saturated rings. The van der Waals surface area contributed by atoms with E-state index in [0.717, 1.165) is 24.1 Å². The lowest BCUT2D eigenvalue weighted by molar-refractivity contribution is -0.120. The maximum Gasteiger partial charge on any atom is 0.259 e. The quantitative estimate of drug-likeness (QED) is 0.826. The first kappa shape index (κ1) is 17.6. The molecule has 1 aromatic carbocycles. The highest BCUT2D eigenvalue weighted by Gasteiger charge is 2.59. The molecule has 134 valence electrons. The van der Waals surface area contributed by atoms with Crippen molar-refractivity contribution in [1.29, 1.82) is 0 Å². The van der Waals surface area contributed by atoms with Gasteiger partial charge in [0.25, 0.3) is 11.8 Å². The molecule has 0 aliphatic heterocycles. The van der Waals surface area contributed by atoms with Crippen LogP contribution in [0.1, 0.15) is 56.0 Å². The second kappa shape index (κ2) is 6.28. The van der Waals surface area contributed by atoms with Gasteiger partial charge in [-0.25, -0.2) is 5.43 Å². The van der Waals surface area contributed by atoms with Gasteiger partial charge in [0.2, 0.25) is 0 Å². The van der Waals surface area contributed by atoms with E-state index in [1.165, 1.54) is 6.42 Å². The number of hydrazone groups is 1. The van der Waals surface area contributed by atoms with Gasteiger partial charge < -0.3 is 5.32 Å². The molecule has 3 rings (SSSR count). The van der Waals surface area contributed by atoms with Crippen LogP contribution in [-0.4, -0.2) is 24.1 Å². The molecule has 0 heterocycles. The highest BCUT2D eigenvalue weighted by molar-refractivity contribution is 5.97. The first-order valence-corrected chi connectivity index (χ1v) is 8.95. The highest BCUT2D eigenvalue weighted by atomic mass is 16.2. The summed E-state index contributed by atoms with van der Waals surface area (Å²) in [6.45, 7) is 8.71. The third-order valence-electron chi connectivity index (χ3n) is 6.52. The summed E-state index contributed by atoms with van der Waals surface area (Å²) in [5.41, 5.74) is 5.58. The first-order chi connectivity index (χ1) is 11.7. The van der Waals surface area contributed by atoms with Crippen molar-refractivity contribution < 1.29 is 9.59 Å². The van der Waals surface area contributed by atoms with Crippen LogP contribution in [0.15, 0.2) is 29.4 Å². The monoisotopic (exact) mass is 341 g/mol. The Bertz CT molecular complexity index is 738. The summed E-state index contributed by atoms with van der Waals surface area (Å²) in [5, 5.41) is 7.04. The maximum absolute atomic E-state index is 12.1. The Morgan fingerprint density at radius 2 is 2.04 bits per heavy atom. The standard InChI is InChI=1S/C20H27N3O2/c1-13-6-5-7-14(10-13)18(25)21-12-17(24)23-22-16-11-15-8-9-20(16,4)19(15,2)3/h5-7,10,15H,8-9,11-12H2,1-4H3,(H,21,25)(H,23,24)/b22-16-/t15-,20+/m0/s1. The average molecular weight is 341 g/mol. The maximum atomic E-state index is 12.1. The van der Waals surface area contributed by atoms with Gasteiger partial charge in [-0.15, -0.1) is 0 Å². The minimum Gasteiger partial charge on any atom is -0.343 e. The van der Waals surface area contributed by atoms with E-state index in [4.69, 9.17) is 0 Å². The summed E-state index contributed by atoms with van der Waals surface area (Å²) in [6.07, 6.45) is 3.33. The van der Waals surface area contributed by atoms with E-state index in [-0.39, 0.29) is 29.2 Å². The summed E-state index contributed by atoms with van der Waals surface area (Å²) in [4.78, 5) is 24.1. The van der Waals surface area contributed by atoms with Crippen LogP contribution in [0.4, 0.5) is 0 Å². The van der Waals surface area contributed by atoms with Crippen LogP contribution in [0, 0.1) is 23.7 Å². The molecule has 1 aromatic rings. The fraction of sp³-hybridized carbons (Fsp3) is 0.550. The minimum atomic E-state index is -0.294. The number of carbonyl (C=O) groups excluding carboxylic acids is 2. The van der Waals surface area contributed by atoms with Crippen molar-refractivity contribution >= 4 is 17.5 Å². The molecule has 0 saturated heterocycles. The minimum absolute atomic E-state index is 0.0652. The van der Waals surface area contributed by atoms with Gasteiger partial charge in [-0.2, -0.15) is 5.10 Å². The summed E-state index contributed by atoms with van der Waals surface area (Å²) in [7, 11) is 0. The van der Waals surface area contributed by atoms with Crippen LogP contribution >= 0.6 is 0 Å². The molecule has 5 nitrogen and oxygen atoms in total. The van der Waals surface area contributed by atoms with Crippen LogP contribution in [0.25, 0.3) is 0 Å². The zero-order chi connectivity index (χ0) is 18.2. The second-order valence-electron chi connectivity index (χ2n) is 8.14. The van der Waals surface area contributed by atoms with Gasteiger partial charge in [0.1, 0.15) is 0 Å². The van der Waals surface area contributed by atoms with Crippen molar-refractivity contribution in [2.45, 2.75) is 47.0 Å². The van der Waals surface area contributed by atoms with Gasteiger partial charge in [0.15, 0.2) is 0 Å². The lowest BCUT2D eigenvalue weighted by Crippen LogP contribution is -2.37. The zero-order valence-electron chi connectivity index (χ0n) is 15.5. The van der Waals surface area contributed by atoms with Crippen LogP contribution in [0.5, 0.6) is 0 Å². The molecule has 2 aliphatic carbocycles. The second-order valence-corrected chi connectivity index (χ2v) is 8.14. The van der Waals surface area contributed by atoms with Gasteiger partial charge in [0.05, 0.1) is 6.54 Å². The molecule has 2 saturated carbocycles. The molecule has 2 aliphatic rings. The van der Waals surface area contributed by atoms with Gasteiger partial charge in [-0.3, -0.25) is 9.59 Å². The molecule has 0 aromatic heterocycles. The number of rotatable bonds is 4. The molecular formula is C20H27N3O2. The fourth-order valence-corrected chi connectivity index (χ4v) is 4.32. The molecule has 0 spiro atoms. The third kappa shape index (κ3) is 3.08. The Morgan fingerprint density at radius 3 is 2.64 bits per heavy atom. The van der Waals surface area contributed by atoms with Gasteiger partial charge in [-0.1, -0.05) is 38.5 Å². The molecule has 0 radical (unpaired) electrons. The summed E-state index contributed by atoms with van der Waals surface area (Å²) >= 11 is 0. The van der Waals surface area contributed by atoms with Gasteiger partial charge in [0, 0.05) is 16.7 Å². The van der Waals surface area contributed by atoms with Crippen molar-refractivity contribution in [2.75, 3.05) is 6.54 Å². The van der Waals surface area contributed by atoms with Gasteiger partial charge in [-0.05, 0) is 49.7 Å². The normalized spacial score (nSPS) is 28.2. The van der Waals surface area contributed by atoms with Crippen LogP contribution < -0.4 is 10.7 Å². The van der Waals surface area contributed by atoms with Crippen LogP contribution in [-0.2, 0) is 4.79 Å². The predicted molar refractivity (Wildman–Crippen MR) is 98.3 cm³/mol. The smallest absolute Gasteiger partial charge is 0.259 e. The van der Waals surface area contributed by atoms with E-state index in [1.807, 2.05) is 19.1 Å². The van der Waals surface area contributed by atoms with E-state index >= 15 is 0 Å². The molecule has 25 heavy (non-hydrogen) atoms. The van der Waals surface area contributed by atoms with E-state index in [2.05, 4.69) is 36.6 Å². The Morgan fingerprint density at radius 1 is 1.28 bits per heavy atom. The Hall–Kier alpha value is -2.17. The number of hydrogen-bond acceptors (Lipinski definition) is 3. The molecule has 5 heteroatoms. The van der Waals surface area contributed by atoms with Crippen molar-refractivity contribution in [3.8, 4) is 0 Å². The largest absolute Gasteiger partial charge is 0.343 e. The number of amides is 2. The van der Waals surface area contributed by atoms with E-state index in [9.17, 15) is 9.59 Å². The van der Waals surface area contributed by atoms with E-state index < -0.39 is 0 Å². The molecule has 2 amide bonds. The van der Waals surface area contributed by atoms with Crippen LogP contribution in [0.3, 0.4) is 0 Å². The molecule has 2 bridgehead atoms. The van der Waals surface area contributed by atoms with Crippen LogP contribution in [0.2, 0.25) is 0 Å². The number of nitrogens with zero attached hydrogens (tertiary/aromatic N) is 1. The van der Waals surface area contributed by atoms with E-state index in [1.54, 1.807) is 12.1 Å². The average Bonchev–Trinajstić information content (AvgIpc) is 2.91. The van der Waals surface area contributed by atoms with Crippen molar-refractivity contribution in [3.05, 3.63) is 35.4 Å². The SMILES string of the molecule is Cc1cccc(C(=O)NCC(=O)N/N=C2/C[C@@H]3CC[C@@]2(C)C3(C)C)c1. The summed E-state index contributed by atoms with van der Waals surface area (Å²) in [5.74, 6) is 0.103. The molecule has 0 unspecified atom stereocenters. The Balaban J connectivity index is 1.55. The molecular weight excluding hydrogens is 314 g/mol. The lowest BCUT2D eigenvalue weighted by atomic mass is 9.70. The van der Waals surface area contributed by atoms with E-state index in [0.29, 0.717) is 11.5 Å². The first-order valence-electron chi connectivity index (χ1n) is 8.95. The van der Waals surface area contributed by atoms with Crippen molar-refractivity contribution in [1.82, 2.24) is 10.7 Å². The number of carbonyl (C=O) groups is 2. The fourth-order valence-electron chi connectivity index (χ4n) is 4.32. The zero-order valence-corrected chi connectivity index (χ0v) is 15.5. The lowest BCUT2D eigenvalue weighted by Gasteiger charge is -2.34. The van der Waals surface area contributed by atoms with Gasteiger partial charge >= 0.3 is 0 Å². The van der Waals surface area contributed by atoms with Crippen molar-refractivity contribution in [3.63, 3.8) is 0 Å². The summed E-state index contributed by atoms with van der Waals surface area (Å²) < 4.78 is 0.